The van der Waals surface area contributed by atoms with Gasteiger partial charge in [0.1, 0.15) is 11.8 Å². The molecular weight excluding hydrogens is 484 g/mol. The lowest BCUT2D eigenvalue weighted by molar-refractivity contribution is -0.143. The number of nitrogens with zero attached hydrogens (tertiary/aromatic N) is 1. The van der Waals surface area contributed by atoms with Gasteiger partial charge in [-0.1, -0.05) is 96.0 Å². The Balaban J connectivity index is 1.56. The number of rotatable bonds is 11. The molecule has 0 aromatic heterocycles. The number of hydrogen-bond acceptors (Lipinski definition) is 3. The van der Waals surface area contributed by atoms with Gasteiger partial charge in [0.2, 0.25) is 5.91 Å². The Bertz CT molecular complexity index is 1200. The van der Waals surface area contributed by atoms with E-state index >= 15 is 0 Å². The summed E-state index contributed by atoms with van der Waals surface area (Å²) in [5.74, 6) is -0.0777. The van der Waals surface area contributed by atoms with Crippen LogP contribution in [-0.2, 0) is 16.1 Å². The fourth-order valence-corrected chi connectivity index (χ4v) is 4.76. The number of allylic oxidation sites excluding steroid dienone is 1. The summed E-state index contributed by atoms with van der Waals surface area (Å²) < 4.78 is 5.78. The average Bonchev–Trinajstić information content (AvgIpc) is 2.94. The first kappa shape index (κ1) is 26.5. The Morgan fingerprint density at radius 3 is 2.32 bits per heavy atom. The fraction of sp³-hybridized carbons (Fsp3) is 0.290. The first-order valence-corrected chi connectivity index (χ1v) is 13.2. The van der Waals surface area contributed by atoms with Crippen molar-refractivity contribution in [2.24, 2.45) is 0 Å². The second-order valence-corrected chi connectivity index (χ2v) is 9.60. The maximum absolute atomic E-state index is 13.7. The normalized spacial score (nSPS) is 13.8. The summed E-state index contributed by atoms with van der Waals surface area (Å²) >= 11 is 6.23. The first-order chi connectivity index (χ1) is 18.1. The average molecular weight is 517 g/mol. The zero-order valence-electron chi connectivity index (χ0n) is 20.9. The maximum atomic E-state index is 13.7. The summed E-state index contributed by atoms with van der Waals surface area (Å²) in [6, 6.07) is 25.3. The van der Waals surface area contributed by atoms with E-state index in [1.54, 1.807) is 29.2 Å². The summed E-state index contributed by atoms with van der Waals surface area (Å²) in [6.07, 6.45) is 7.77. The third-order valence-electron chi connectivity index (χ3n) is 6.51. The van der Waals surface area contributed by atoms with Crippen LogP contribution in [0, 0.1) is 0 Å². The topological polar surface area (TPSA) is 58.6 Å². The van der Waals surface area contributed by atoms with Gasteiger partial charge in [0.25, 0.3) is 5.91 Å². The van der Waals surface area contributed by atoms with Crippen LogP contribution in [0.2, 0.25) is 5.02 Å². The van der Waals surface area contributed by atoms with Gasteiger partial charge in [-0.15, -0.1) is 0 Å². The second-order valence-electron chi connectivity index (χ2n) is 9.19. The molecule has 0 aliphatic heterocycles. The molecule has 5 nitrogen and oxygen atoms in total. The van der Waals surface area contributed by atoms with E-state index in [1.807, 2.05) is 60.7 Å². The van der Waals surface area contributed by atoms with Crippen molar-refractivity contribution in [3.05, 3.63) is 113 Å². The van der Waals surface area contributed by atoms with Crippen molar-refractivity contribution < 1.29 is 14.3 Å². The van der Waals surface area contributed by atoms with Crippen molar-refractivity contribution in [1.29, 1.82) is 0 Å². The number of carbonyl (C=O) groups is 2. The number of halogens is 1. The smallest absolute Gasteiger partial charge is 0.261 e. The van der Waals surface area contributed by atoms with E-state index in [1.165, 1.54) is 18.4 Å². The predicted octanol–water partition coefficient (Wildman–Crippen LogP) is 6.50. The minimum absolute atomic E-state index is 0.204. The van der Waals surface area contributed by atoms with Gasteiger partial charge in [0, 0.05) is 13.1 Å². The van der Waals surface area contributed by atoms with Crippen LogP contribution >= 0.6 is 11.6 Å². The van der Waals surface area contributed by atoms with E-state index in [2.05, 4.69) is 11.4 Å². The molecule has 1 N–H and O–H groups in total. The predicted molar refractivity (Wildman–Crippen MR) is 147 cm³/mol. The van der Waals surface area contributed by atoms with Crippen LogP contribution in [0.15, 0.2) is 96.6 Å². The van der Waals surface area contributed by atoms with Crippen molar-refractivity contribution in [3.8, 4) is 5.75 Å². The molecule has 1 aliphatic carbocycles. The highest BCUT2D eigenvalue weighted by atomic mass is 35.5. The summed E-state index contributed by atoms with van der Waals surface area (Å²) in [7, 11) is 0. The Kier molecular flexibility index (Phi) is 9.78. The van der Waals surface area contributed by atoms with E-state index < -0.39 is 6.04 Å². The molecule has 1 atom stereocenters. The molecule has 0 saturated heterocycles. The highest BCUT2D eigenvalue weighted by Crippen LogP contribution is 2.27. The number of ether oxygens (including phenoxy) is 1. The molecule has 0 fully saturated rings. The summed E-state index contributed by atoms with van der Waals surface area (Å²) in [5.41, 5.74) is 3.07. The molecule has 0 spiro atoms. The molecule has 37 heavy (non-hydrogen) atoms. The molecule has 6 heteroatoms. The van der Waals surface area contributed by atoms with Gasteiger partial charge < -0.3 is 15.0 Å². The van der Waals surface area contributed by atoms with Crippen LogP contribution in [0.4, 0.5) is 0 Å². The monoisotopic (exact) mass is 516 g/mol. The van der Waals surface area contributed by atoms with Crippen molar-refractivity contribution in [3.63, 3.8) is 0 Å². The standard InChI is InChI=1S/C31H33ClN2O3/c32-27-18-10-11-19-28(27)37-23-29(35)34(22-25-14-6-2-7-15-25)30(26-16-8-3-9-17-26)31(36)33-21-20-24-12-4-1-5-13-24/h2-3,6-12,14-19,30H,1,4-5,13,20-23H2,(H,33,36). The van der Waals surface area contributed by atoms with Gasteiger partial charge >= 0.3 is 0 Å². The van der Waals surface area contributed by atoms with Crippen LogP contribution in [-0.4, -0.2) is 29.9 Å². The highest BCUT2D eigenvalue weighted by molar-refractivity contribution is 6.32. The lowest BCUT2D eigenvalue weighted by Crippen LogP contribution is -2.45. The first-order valence-electron chi connectivity index (χ1n) is 12.8. The van der Waals surface area contributed by atoms with Crippen LogP contribution in [0.1, 0.15) is 49.3 Å². The molecule has 4 rings (SSSR count). The Hall–Kier alpha value is -3.57. The van der Waals surface area contributed by atoms with E-state index in [0.717, 1.165) is 30.4 Å². The van der Waals surface area contributed by atoms with Gasteiger partial charge in [-0.3, -0.25) is 9.59 Å². The zero-order chi connectivity index (χ0) is 25.9. The van der Waals surface area contributed by atoms with Crippen LogP contribution < -0.4 is 10.1 Å². The Morgan fingerprint density at radius 2 is 1.62 bits per heavy atom. The molecule has 0 bridgehead atoms. The number of hydrogen-bond donors (Lipinski definition) is 1. The minimum Gasteiger partial charge on any atom is -0.482 e. The maximum Gasteiger partial charge on any atom is 0.261 e. The van der Waals surface area contributed by atoms with Gasteiger partial charge in [-0.05, 0) is 55.4 Å². The SMILES string of the molecule is O=C(NCCC1=CCCCC1)C(c1ccccc1)N(Cc1ccccc1)C(=O)COc1ccccc1Cl. The van der Waals surface area contributed by atoms with Gasteiger partial charge in [0.15, 0.2) is 6.61 Å². The Labute approximate surface area is 224 Å². The highest BCUT2D eigenvalue weighted by Gasteiger charge is 2.31. The van der Waals surface area contributed by atoms with Crippen molar-refractivity contribution in [1.82, 2.24) is 10.2 Å². The lowest BCUT2D eigenvalue weighted by Gasteiger charge is -2.31. The summed E-state index contributed by atoms with van der Waals surface area (Å²) in [4.78, 5) is 28.9. The molecule has 3 aromatic rings. The molecule has 0 saturated carbocycles. The minimum atomic E-state index is -0.802. The zero-order valence-corrected chi connectivity index (χ0v) is 21.7. The van der Waals surface area contributed by atoms with Crippen LogP contribution in [0.3, 0.4) is 0 Å². The third kappa shape index (κ3) is 7.70. The van der Waals surface area contributed by atoms with Crippen molar-refractivity contribution in [2.75, 3.05) is 13.2 Å². The molecule has 3 aromatic carbocycles. The second kappa shape index (κ2) is 13.7. The molecule has 2 amide bonds. The van der Waals surface area contributed by atoms with E-state index in [0.29, 0.717) is 17.3 Å². The molecule has 0 radical (unpaired) electrons. The molecule has 192 valence electrons. The molecule has 1 aliphatic rings. The van der Waals surface area contributed by atoms with Gasteiger partial charge in [-0.2, -0.15) is 0 Å². The van der Waals surface area contributed by atoms with Gasteiger partial charge in [-0.25, -0.2) is 0 Å². The molecular formula is C31H33ClN2O3. The van der Waals surface area contributed by atoms with Crippen LogP contribution in [0.25, 0.3) is 0 Å². The third-order valence-corrected chi connectivity index (χ3v) is 6.82. The van der Waals surface area contributed by atoms with Crippen LogP contribution in [0.5, 0.6) is 5.75 Å². The van der Waals surface area contributed by atoms with E-state index in [9.17, 15) is 9.59 Å². The number of para-hydroxylation sites is 1. The number of benzene rings is 3. The summed E-state index contributed by atoms with van der Waals surface area (Å²) in [5, 5.41) is 3.53. The van der Waals surface area contributed by atoms with E-state index in [4.69, 9.17) is 16.3 Å². The van der Waals surface area contributed by atoms with Gasteiger partial charge in [0.05, 0.1) is 5.02 Å². The number of carbonyl (C=O) groups excluding carboxylic acids is 2. The van der Waals surface area contributed by atoms with Crippen molar-refractivity contribution >= 4 is 23.4 Å². The fourth-order valence-electron chi connectivity index (χ4n) is 4.57. The molecule has 0 heterocycles. The largest absolute Gasteiger partial charge is 0.482 e. The molecule has 1 unspecified atom stereocenters. The lowest BCUT2D eigenvalue weighted by atomic mass is 9.97. The Morgan fingerprint density at radius 1 is 0.919 bits per heavy atom. The quantitative estimate of drug-likeness (QED) is 0.296. The summed E-state index contributed by atoms with van der Waals surface area (Å²) in [6.45, 7) is 0.571. The number of amides is 2. The van der Waals surface area contributed by atoms with E-state index in [-0.39, 0.29) is 25.0 Å². The van der Waals surface area contributed by atoms with Crippen molar-refractivity contribution in [2.45, 2.75) is 44.7 Å². The number of nitrogens with one attached hydrogen (secondary N) is 1.